The molecule has 0 radical (unpaired) electrons. The van der Waals surface area contributed by atoms with E-state index in [0.717, 1.165) is 11.3 Å². The van der Waals surface area contributed by atoms with Crippen molar-refractivity contribution in [3.05, 3.63) is 29.8 Å². The molecule has 0 aliphatic carbocycles. The molecule has 124 valence electrons. The second-order valence-corrected chi connectivity index (χ2v) is 6.03. The number of carbonyl (C=O) groups excluding carboxylic acids is 1. The number of carbonyl (C=O) groups is 1. The van der Waals surface area contributed by atoms with E-state index in [4.69, 9.17) is 14.6 Å². The van der Waals surface area contributed by atoms with E-state index in [1.54, 1.807) is 20.1 Å². The SMILES string of the molecule is COC(=O)C(C)(C)COc1ccc(C2=NCC(CO)N=C2)cc1. The lowest BCUT2D eigenvalue weighted by Crippen LogP contribution is -2.32. The fourth-order valence-corrected chi connectivity index (χ4v) is 2.06. The third-order valence-corrected chi connectivity index (χ3v) is 3.58. The molecule has 1 heterocycles. The van der Waals surface area contributed by atoms with Gasteiger partial charge in [-0.2, -0.15) is 0 Å². The average Bonchev–Trinajstić information content (AvgIpc) is 2.60. The number of hydrogen-bond acceptors (Lipinski definition) is 6. The van der Waals surface area contributed by atoms with E-state index in [-0.39, 0.29) is 25.2 Å². The quantitative estimate of drug-likeness (QED) is 0.806. The first-order valence-corrected chi connectivity index (χ1v) is 7.46. The molecule has 1 unspecified atom stereocenters. The van der Waals surface area contributed by atoms with Gasteiger partial charge in [-0.05, 0) is 38.1 Å². The van der Waals surface area contributed by atoms with Crippen LogP contribution in [0.2, 0.25) is 0 Å². The minimum atomic E-state index is -0.702. The summed E-state index contributed by atoms with van der Waals surface area (Å²) in [7, 11) is 1.37. The van der Waals surface area contributed by atoms with Gasteiger partial charge in [-0.25, -0.2) is 0 Å². The molecule has 0 bridgehead atoms. The Morgan fingerprint density at radius 1 is 1.35 bits per heavy atom. The first kappa shape index (κ1) is 17.1. The second-order valence-electron chi connectivity index (χ2n) is 6.03. The third kappa shape index (κ3) is 4.39. The fourth-order valence-electron chi connectivity index (χ4n) is 2.06. The second kappa shape index (κ2) is 7.37. The number of aliphatic hydroxyl groups excluding tert-OH is 1. The van der Waals surface area contributed by atoms with E-state index in [1.165, 1.54) is 7.11 Å². The van der Waals surface area contributed by atoms with Gasteiger partial charge in [0.15, 0.2) is 0 Å². The van der Waals surface area contributed by atoms with Crippen LogP contribution in [-0.2, 0) is 9.53 Å². The Balaban J connectivity index is 1.97. The van der Waals surface area contributed by atoms with Gasteiger partial charge in [-0.1, -0.05) is 0 Å². The average molecular weight is 318 g/mol. The topological polar surface area (TPSA) is 80.5 Å². The summed E-state index contributed by atoms with van der Waals surface area (Å²) < 4.78 is 10.4. The van der Waals surface area contributed by atoms with Crippen LogP contribution in [-0.4, -0.2) is 55.9 Å². The van der Waals surface area contributed by atoms with E-state index < -0.39 is 5.41 Å². The van der Waals surface area contributed by atoms with Crippen molar-refractivity contribution in [3.63, 3.8) is 0 Å². The zero-order valence-corrected chi connectivity index (χ0v) is 13.7. The molecule has 6 heteroatoms. The van der Waals surface area contributed by atoms with E-state index in [2.05, 4.69) is 9.98 Å². The van der Waals surface area contributed by atoms with Crippen LogP contribution in [0.4, 0.5) is 0 Å². The summed E-state index contributed by atoms with van der Waals surface area (Å²) in [6.07, 6.45) is 1.68. The van der Waals surface area contributed by atoms with Crippen LogP contribution in [0.15, 0.2) is 34.3 Å². The minimum Gasteiger partial charge on any atom is -0.492 e. The first-order valence-electron chi connectivity index (χ1n) is 7.46. The summed E-state index contributed by atoms with van der Waals surface area (Å²) in [6, 6.07) is 7.31. The number of nitrogens with zero attached hydrogens (tertiary/aromatic N) is 2. The van der Waals surface area contributed by atoms with Gasteiger partial charge in [0.05, 0.1) is 37.4 Å². The van der Waals surface area contributed by atoms with E-state index >= 15 is 0 Å². The van der Waals surface area contributed by atoms with Gasteiger partial charge < -0.3 is 14.6 Å². The van der Waals surface area contributed by atoms with Crippen LogP contribution >= 0.6 is 0 Å². The number of aliphatic imine (C=N–C) groups is 2. The van der Waals surface area contributed by atoms with E-state index in [9.17, 15) is 4.79 Å². The Bertz CT molecular complexity index is 606. The normalized spacial score (nSPS) is 17.6. The number of aliphatic hydroxyl groups is 1. The summed E-state index contributed by atoms with van der Waals surface area (Å²) in [6.45, 7) is 4.29. The molecule has 0 saturated heterocycles. The van der Waals surface area contributed by atoms with Crippen LogP contribution in [0.1, 0.15) is 19.4 Å². The molecule has 1 aromatic rings. The molecule has 0 aromatic heterocycles. The highest BCUT2D eigenvalue weighted by atomic mass is 16.5. The maximum Gasteiger partial charge on any atom is 0.314 e. The Morgan fingerprint density at radius 2 is 2.04 bits per heavy atom. The monoisotopic (exact) mass is 318 g/mol. The van der Waals surface area contributed by atoms with Crippen LogP contribution in [0.25, 0.3) is 0 Å². The maximum absolute atomic E-state index is 11.6. The number of hydrogen-bond donors (Lipinski definition) is 1. The van der Waals surface area contributed by atoms with Gasteiger partial charge in [0.25, 0.3) is 0 Å². The van der Waals surface area contributed by atoms with Crippen LogP contribution < -0.4 is 4.74 Å². The van der Waals surface area contributed by atoms with E-state index in [1.807, 2.05) is 24.3 Å². The summed E-state index contributed by atoms with van der Waals surface area (Å²) in [5, 5.41) is 9.03. The standard InChI is InChI=1S/C17H22N2O4/c1-17(2,16(21)22-3)11-23-14-6-4-12(5-7-14)15-9-18-13(10-20)8-19-15/h4-7,9,13,20H,8,10-11H2,1-3H3. The lowest BCUT2D eigenvalue weighted by atomic mass is 9.95. The van der Waals surface area contributed by atoms with Gasteiger partial charge in [0.1, 0.15) is 12.4 Å². The van der Waals surface area contributed by atoms with Crippen LogP contribution in [0.3, 0.4) is 0 Å². The largest absolute Gasteiger partial charge is 0.492 e. The lowest BCUT2D eigenvalue weighted by molar-refractivity contribution is -0.152. The van der Waals surface area contributed by atoms with Crippen molar-refractivity contribution in [1.82, 2.24) is 0 Å². The molecule has 2 rings (SSSR count). The number of ether oxygens (including phenoxy) is 2. The van der Waals surface area contributed by atoms with Gasteiger partial charge >= 0.3 is 5.97 Å². The van der Waals surface area contributed by atoms with E-state index in [0.29, 0.717) is 12.3 Å². The van der Waals surface area contributed by atoms with Crippen molar-refractivity contribution in [1.29, 1.82) is 0 Å². The molecule has 1 N–H and O–H groups in total. The molecule has 1 aliphatic rings. The number of esters is 1. The maximum atomic E-state index is 11.6. The lowest BCUT2D eigenvalue weighted by Gasteiger charge is -2.21. The zero-order valence-electron chi connectivity index (χ0n) is 13.7. The molecule has 0 spiro atoms. The van der Waals surface area contributed by atoms with Crippen molar-refractivity contribution >= 4 is 17.9 Å². The van der Waals surface area contributed by atoms with Crippen molar-refractivity contribution in [3.8, 4) is 5.75 Å². The summed E-state index contributed by atoms with van der Waals surface area (Å²) in [5.41, 5.74) is 1.02. The Hall–Kier alpha value is -2.21. The van der Waals surface area contributed by atoms with Crippen molar-refractivity contribution in [2.24, 2.45) is 15.4 Å². The van der Waals surface area contributed by atoms with Crippen LogP contribution in [0, 0.1) is 5.41 Å². The van der Waals surface area contributed by atoms with Crippen LogP contribution in [0.5, 0.6) is 5.75 Å². The number of benzene rings is 1. The van der Waals surface area contributed by atoms with Crippen molar-refractivity contribution in [2.45, 2.75) is 19.9 Å². The fraction of sp³-hybridized carbons (Fsp3) is 0.471. The highest BCUT2D eigenvalue weighted by molar-refractivity contribution is 6.38. The Kier molecular flexibility index (Phi) is 5.50. The highest BCUT2D eigenvalue weighted by Crippen LogP contribution is 2.21. The molecular formula is C17H22N2O4. The molecule has 6 nitrogen and oxygen atoms in total. The molecule has 23 heavy (non-hydrogen) atoms. The van der Waals surface area contributed by atoms with Gasteiger partial charge in [0, 0.05) is 11.8 Å². The smallest absolute Gasteiger partial charge is 0.314 e. The Labute approximate surface area is 135 Å². The first-order chi connectivity index (χ1) is 11.0. The molecule has 0 saturated carbocycles. The number of methoxy groups -OCH3 is 1. The summed E-state index contributed by atoms with van der Waals surface area (Å²) in [5.74, 6) is 0.368. The molecule has 1 atom stereocenters. The minimum absolute atomic E-state index is 0.00996. The summed E-state index contributed by atoms with van der Waals surface area (Å²) >= 11 is 0. The number of rotatable bonds is 6. The predicted molar refractivity (Wildman–Crippen MR) is 88.5 cm³/mol. The van der Waals surface area contributed by atoms with Gasteiger partial charge in [-0.15, -0.1) is 0 Å². The van der Waals surface area contributed by atoms with Crippen molar-refractivity contribution in [2.75, 3.05) is 26.9 Å². The molecule has 1 aliphatic heterocycles. The Morgan fingerprint density at radius 3 is 2.57 bits per heavy atom. The molecule has 0 amide bonds. The van der Waals surface area contributed by atoms with Gasteiger partial charge in [0.2, 0.25) is 0 Å². The molecule has 0 fully saturated rings. The third-order valence-electron chi connectivity index (χ3n) is 3.58. The highest BCUT2D eigenvalue weighted by Gasteiger charge is 2.29. The molecule has 1 aromatic carbocycles. The summed E-state index contributed by atoms with van der Waals surface area (Å²) in [4.78, 5) is 20.3. The predicted octanol–water partition coefficient (Wildman–Crippen LogP) is 1.50. The zero-order chi connectivity index (χ0) is 16.9. The molecular weight excluding hydrogens is 296 g/mol. The van der Waals surface area contributed by atoms with Gasteiger partial charge in [-0.3, -0.25) is 14.8 Å². The van der Waals surface area contributed by atoms with Crippen molar-refractivity contribution < 1.29 is 19.4 Å².